The van der Waals surface area contributed by atoms with Gasteiger partial charge in [0.2, 0.25) is 0 Å². The number of allylic oxidation sites excluding steroid dienone is 2. The number of likely N-dealkylation sites (N-methyl/N-ethyl adjacent to an activating group) is 1. The first-order valence-corrected chi connectivity index (χ1v) is 24.2. The minimum atomic E-state index is -2.21. The van der Waals surface area contributed by atoms with Gasteiger partial charge in [-0.25, -0.2) is 4.79 Å². The number of benzene rings is 1. The van der Waals surface area contributed by atoms with Gasteiger partial charge in [0, 0.05) is 53.2 Å². The average Bonchev–Trinajstić information content (AvgIpc) is 3.72. The van der Waals surface area contributed by atoms with E-state index in [4.69, 9.17) is 4.74 Å². The normalized spacial score (nSPS) is 49.6. The monoisotopic (exact) mass is 851 g/mol. The fourth-order valence-electron chi connectivity index (χ4n) is 17.3. The van der Waals surface area contributed by atoms with Gasteiger partial charge >= 0.3 is 5.97 Å². The van der Waals surface area contributed by atoms with Crippen LogP contribution in [-0.4, -0.2) is 91.1 Å². The third-order valence-corrected chi connectivity index (χ3v) is 19.8. The van der Waals surface area contributed by atoms with Crippen LogP contribution in [0.15, 0.2) is 42.0 Å². The van der Waals surface area contributed by atoms with Crippen molar-refractivity contribution in [3.63, 3.8) is 0 Å². The van der Waals surface area contributed by atoms with Crippen LogP contribution in [-0.2, 0) is 27.4 Å². The van der Waals surface area contributed by atoms with Gasteiger partial charge in [0.1, 0.15) is 23.6 Å². The van der Waals surface area contributed by atoms with E-state index in [-0.39, 0.29) is 73.3 Å². The molecule has 1 heterocycles. The van der Waals surface area contributed by atoms with Crippen LogP contribution in [0.2, 0.25) is 0 Å². The number of carbonyl (C=O) groups is 2. The van der Waals surface area contributed by atoms with E-state index in [0.717, 1.165) is 54.2 Å². The fourth-order valence-corrected chi connectivity index (χ4v) is 17.3. The molecule has 4 bridgehead atoms. The molecule has 7 N–H and O–H groups in total. The van der Waals surface area contributed by atoms with Crippen molar-refractivity contribution >= 4 is 12.3 Å². The van der Waals surface area contributed by atoms with E-state index in [2.05, 4.69) is 43.2 Å². The van der Waals surface area contributed by atoms with Crippen molar-refractivity contribution in [1.82, 2.24) is 5.32 Å². The van der Waals surface area contributed by atoms with Crippen LogP contribution in [0.1, 0.15) is 120 Å². The second-order valence-electron chi connectivity index (χ2n) is 21.8. The van der Waals surface area contributed by atoms with E-state index < -0.39 is 69.7 Å². The first-order chi connectivity index (χ1) is 29.8. The number of hydrogen-bond donors (Lipinski definition) is 7. The molecule has 8 aliphatic carbocycles. The van der Waals surface area contributed by atoms with Gasteiger partial charge < -0.3 is 45.5 Å². The summed E-state index contributed by atoms with van der Waals surface area (Å²) in [6, 6.07) is 5.62. The number of carbonyl (C=O) groups excluding carboxylic acids is 2. The number of unbranched alkanes of at least 4 members (excludes halogenated alkanes) is 2. The van der Waals surface area contributed by atoms with Gasteiger partial charge in [-0.2, -0.15) is 0 Å². The Balaban J connectivity index is 1.16. The minimum absolute atomic E-state index is 0.0312. The third kappa shape index (κ3) is 5.54. The lowest BCUT2D eigenvalue weighted by Crippen LogP contribution is -2.85. The first kappa shape index (κ1) is 43.0. The summed E-state index contributed by atoms with van der Waals surface area (Å²) in [5, 5.41) is 82.3. The lowest BCUT2D eigenvalue weighted by atomic mass is 9.34. The highest BCUT2D eigenvalue weighted by molar-refractivity contribution is 5.86. The number of fused-ring (bicyclic) bond motifs is 8. The SMILES string of the molecule is CCCCC[C@@H]1C[C@]2(C=O)[C@H]3CC[C@@]45CCC#Cc6cccc(CO)c6C[C@@H](NC)[C@@H]6C[C@@H](C[C@]4(O)[C@]3(O)[C@H](O)[C@@H]3C[C@H]4[C@H](C=CC[C@@H]4C)C[C@@H]([C@H]1O)[C@@]32O)[C@@H]5C1=CC(=O)O[C@H]16. The van der Waals surface area contributed by atoms with Crippen LogP contribution in [0.4, 0.5) is 0 Å². The van der Waals surface area contributed by atoms with E-state index >= 15 is 0 Å². The van der Waals surface area contributed by atoms with Crippen LogP contribution in [0.3, 0.4) is 0 Å². The smallest absolute Gasteiger partial charge is 0.331 e. The van der Waals surface area contributed by atoms with Crippen molar-refractivity contribution in [2.45, 2.75) is 158 Å². The van der Waals surface area contributed by atoms with Gasteiger partial charge in [0.25, 0.3) is 0 Å². The van der Waals surface area contributed by atoms with Crippen molar-refractivity contribution in [2.24, 2.45) is 70.0 Å². The summed E-state index contributed by atoms with van der Waals surface area (Å²) in [7, 11) is 1.90. The number of esters is 1. The molecular formula is C52H69NO9. The van der Waals surface area contributed by atoms with Crippen molar-refractivity contribution in [2.75, 3.05) is 7.05 Å². The lowest BCUT2D eigenvalue weighted by Gasteiger charge is -2.73. The van der Waals surface area contributed by atoms with E-state index in [0.29, 0.717) is 51.4 Å². The zero-order valence-electron chi connectivity index (χ0n) is 36.8. The van der Waals surface area contributed by atoms with Crippen molar-refractivity contribution in [3.05, 3.63) is 58.7 Å². The van der Waals surface area contributed by atoms with Crippen molar-refractivity contribution in [3.8, 4) is 11.8 Å². The van der Waals surface area contributed by atoms with Gasteiger partial charge in [-0.15, -0.1) is 0 Å². The maximum absolute atomic E-state index is 14.6. The predicted molar refractivity (Wildman–Crippen MR) is 232 cm³/mol. The van der Waals surface area contributed by atoms with Crippen molar-refractivity contribution in [1.29, 1.82) is 0 Å². The predicted octanol–water partition coefficient (Wildman–Crippen LogP) is 4.93. The number of ether oxygens (including phenoxy) is 1. The molecule has 0 aromatic heterocycles. The highest BCUT2D eigenvalue weighted by Crippen LogP contribution is 2.78. The Morgan fingerprint density at radius 3 is 2.60 bits per heavy atom. The first-order valence-electron chi connectivity index (χ1n) is 24.2. The molecule has 6 fully saturated rings. The molecule has 10 rings (SSSR count). The molecule has 19 atom stereocenters. The number of hydrogen-bond acceptors (Lipinski definition) is 10. The molecule has 336 valence electrons. The van der Waals surface area contributed by atoms with E-state index in [9.17, 15) is 40.2 Å². The number of nitrogens with one attached hydrogen (secondary N) is 1. The average molecular weight is 852 g/mol. The van der Waals surface area contributed by atoms with E-state index in [1.165, 1.54) is 0 Å². The molecule has 0 amide bonds. The topological polar surface area (TPSA) is 177 Å². The number of rotatable bonds is 7. The maximum Gasteiger partial charge on any atom is 0.331 e. The Labute approximate surface area is 367 Å². The Kier molecular flexibility index (Phi) is 10.7. The highest BCUT2D eigenvalue weighted by Gasteiger charge is 2.86. The fraction of sp³-hybridized carbons (Fsp3) is 0.731. The molecule has 1 spiro atoms. The molecule has 0 unspecified atom stereocenters. The largest absolute Gasteiger partial charge is 0.454 e. The third-order valence-electron chi connectivity index (χ3n) is 19.8. The van der Waals surface area contributed by atoms with Gasteiger partial charge in [-0.05, 0) is 136 Å². The maximum atomic E-state index is 14.6. The molecule has 1 aromatic rings. The summed E-state index contributed by atoms with van der Waals surface area (Å²) in [6.07, 6.45) is 12.0. The molecule has 0 radical (unpaired) electrons. The summed E-state index contributed by atoms with van der Waals surface area (Å²) in [6.45, 7) is 4.21. The number of aliphatic hydroxyl groups is 6. The molecular weight excluding hydrogens is 783 g/mol. The zero-order valence-corrected chi connectivity index (χ0v) is 36.8. The van der Waals surface area contributed by atoms with Gasteiger partial charge in [0.05, 0.1) is 29.8 Å². The highest BCUT2D eigenvalue weighted by atomic mass is 16.5. The Morgan fingerprint density at radius 2 is 1.84 bits per heavy atom. The quantitative estimate of drug-likeness (QED) is 0.0656. The van der Waals surface area contributed by atoms with Crippen LogP contribution in [0.5, 0.6) is 0 Å². The molecule has 0 saturated heterocycles. The van der Waals surface area contributed by atoms with Crippen LogP contribution in [0.25, 0.3) is 0 Å². The molecule has 9 aliphatic rings. The Bertz CT molecular complexity index is 2090. The van der Waals surface area contributed by atoms with Gasteiger partial charge in [0.15, 0.2) is 0 Å². The minimum Gasteiger partial charge on any atom is -0.454 e. The van der Waals surface area contributed by atoms with Crippen LogP contribution >= 0.6 is 0 Å². The summed E-state index contributed by atoms with van der Waals surface area (Å²) >= 11 is 0. The summed E-state index contributed by atoms with van der Waals surface area (Å²) in [5.41, 5.74) is -5.13. The van der Waals surface area contributed by atoms with E-state index in [1.807, 2.05) is 25.2 Å². The molecule has 10 nitrogen and oxygen atoms in total. The second kappa shape index (κ2) is 15.4. The van der Waals surface area contributed by atoms with Crippen molar-refractivity contribution < 1.29 is 45.0 Å². The Hall–Kier alpha value is -2.88. The summed E-state index contributed by atoms with van der Waals surface area (Å²) in [5.74, 6) is 3.02. The zero-order chi connectivity index (χ0) is 43.6. The molecule has 1 aromatic carbocycles. The molecule has 1 aliphatic heterocycles. The van der Waals surface area contributed by atoms with E-state index in [1.54, 1.807) is 6.08 Å². The van der Waals surface area contributed by atoms with Crippen LogP contribution in [0, 0.1) is 81.8 Å². The van der Waals surface area contributed by atoms with Crippen LogP contribution < -0.4 is 5.32 Å². The number of aliphatic hydroxyl groups excluding tert-OH is 3. The molecule has 10 heteroatoms. The number of aldehydes is 1. The standard InChI is InChI=1S/C52H69NO9/c1-4-5-6-13-32-25-49(28-55)42-17-19-48-18-8-7-12-30-14-10-16-33(27-54)36(30)23-41(53-3)37-20-34(44(48)38-24-43(56)62-46(37)38)26-50(48,59)52(42,61)47(58)40-22-35-29(2)11-9-15-31(35)21-39(45(32)57)51(40,49)60/h9-10,14-16,24,28-29,31-32,34-35,37,39-42,44-47,53-54,57-61H,4-6,8,11,13,17-23,25-27H2,1-3H3/t29-,31+,32+,34-,35+,37-,39-,40-,41+,42+,44+,45-,46-,47+,48+,49-,50+,51+,52+/m0/s1. The second-order valence-corrected chi connectivity index (χ2v) is 21.8. The van der Waals surface area contributed by atoms with Gasteiger partial charge in [-0.3, -0.25) is 0 Å². The summed E-state index contributed by atoms with van der Waals surface area (Å²) < 4.78 is 6.25. The Morgan fingerprint density at radius 1 is 1.02 bits per heavy atom. The molecule has 62 heavy (non-hydrogen) atoms. The molecule has 6 saturated carbocycles. The summed E-state index contributed by atoms with van der Waals surface area (Å²) in [4.78, 5) is 28.1. The lowest BCUT2D eigenvalue weighted by molar-refractivity contribution is -0.379. The van der Waals surface area contributed by atoms with Gasteiger partial charge in [-0.1, -0.05) is 69.2 Å².